The van der Waals surface area contributed by atoms with Crippen LogP contribution in [0.5, 0.6) is 0 Å². The molecule has 0 atom stereocenters. The fourth-order valence-corrected chi connectivity index (χ4v) is 2.49. The average molecular weight is 348 g/mol. The van der Waals surface area contributed by atoms with Crippen LogP contribution in [0.1, 0.15) is 15.9 Å². The molecule has 0 bridgehead atoms. The van der Waals surface area contributed by atoms with Crippen molar-refractivity contribution >= 4 is 27.6 Å². The SMILES string of the molecule is Cc1cccc(C(=O)OCC(=O)Nc2cccc(S(N)(=O)=O)c2)c1. The Hall–Kier alpha value is -2.71. The Morgan fingerprint density at radius 1 is 1.12 bits per heavy atom. The third kappa shape index (κ3) is 4.90. The molecule has 2 aromatic rings. The lowest BCUT2D eigenvalue weighted by Crippen LogP contribution is -2.21. The van der Waals surface area contributed by atoms with Gasteiger partial charge in [-0.2, -0.15) is 0 Å². The topological polar surface area (TPSA) is 116 Å². The van der Waals surface area contributed by atoms with Gasteiger partial charge in [0.2, 0.25) is 10.0 Å². The number of benzene rings is 2. The maximum Gasteiger partial charge on any atom is 0.338 e. The van der Waals surface area contributed by atoms with Crippen molar-refractivity contribution in [3.8, 4) is 0 Å². The van der Waals surface area contributed by atoms with Gasteiger partial charge >= 0.3 is 5.97 Å². The van der Waals surface area contributed by atoms with Gasteiger partial charge < -0.3 is 10.1 Å². The number of sulfonamides is 1. The lowest BCUT2D eigenvalue weighted by molar-refractivity contribution is -0.119. The second kappa shape index (κ2) is 7.24. The van der Waals surface area contributed by atoms with Gasteiger partial charge in [-0.05, 0) is 37.3 Å². The molecule has 0 saturated heterocycles. The maximum atomic E-state index is 11.8. The monoisotopic (exact) mass is 348 g/mol. The van der Waals surface area contributed by atoms with Crippen LogP contribution < -0.4 is 10.5 Å². The van der Waals surface area contributed by atoms with E-state index in [0.717, 1.165) is 5.56 Å². The zero-order valence-electron chi connectivity index (χ0n) is 12.9. The number of carbonyl (C=O) groups excluding carboxylic acids is 2. The fourth-order valence-electron chi connectivity index (χ4n) is 1.93. The number of ether oxygens (including phenoxy) is 1. The number of anilines is 1. The molecule has 0 radical (unpaired) electrons. The average Bonchev–Trinajstić information content (AvgIpc) is 2.52. The van der Waals surface area contributed by atoms with Crippen molar-refractivity contribution in [1.82, 2.24) is 0 Å². The summed E-state index contributed by atoms with van der Waals surface area (Å²) in [5.41, 5.74) is 1.48. The first-order chi connectivity index (χ1) is 11.3. The van der Waals surface area contributed by atoms with Crippen LogP contribution in [0.25, 0.3) is 0 Å². The molecular weight excluding hydrogens is 332 g/mol. The van der Waals surface area contributed by atoms with Crippen LogP contribution in [-0.2, 0) is 19.6 Å². The highest BCUT2D eigenvalue weighted by molar-refractivity contribution is 7.89. The van der Waals surface area contributed by atoms with Crippen molar-refractivity contribution in [3.05, 3.63) is 59.7 Å². The third-order valence-corrected chi connectivity index (χ3v) is 3.95. The predicted octanol–water partition coefficient (Wildman–Crippen LogP) is 1.44. The Kier molecular flexibility index (Phi) is 5.32. The zero-order chi connectivity index (χ0) is 17.7. The van der Waals surface area contributed by atoms with Gasteiger partial charge in [0.25, 0.3) is 5.91 Å². The van der Waals surface area contributed by atoms with Gasteiger partial charge in [-0.1, -0.05) is 23.8 Å². The van der Waals surface area contributed by atoms with Crippen molar-refractivity contribution < 1.29 is 22.7 Å². The molecule has 2 aromatic carbocycles. The quantitative estimate of drug-likeness (QED) is 0.793. The molecule has 0 heterocycles. The minimum absolute atomic E-state index is 0.128. The molecule has 0 aromatic heterocycles. The number of nitrogens with one attached hydrogen (secondary N) is 1. The minimum Gasteiger partial charge on any atom is -0.452 e. The molecule has 3 N–H and O–H groups in total. The molecule has 0 fully saturated rings. The smallest absolute Gasteiger partial charge is 0.338 e. The molecule has 0 saturated carbocycles. The van der Waals surface area contributed by atoms with Gasteiger partial charge in [0.05, 0.1) is 10.5 Å². The first-order valence-electron chi connectivity index (χ1n) is 6.92. The number of carbonyl (C=O) groups is 2. The first kappa shape index (κ1) is 17.6. The standard InChI is InChI=1S/C16H16N2O5S/c1-11-4-2-5-12(8-11)16(20)23-10-15(19)18-13-6-3-7-14(9-13)24(17,21)22/h2-9H,10H2,1H3,(H,18,19)(H2,17,21,22). The molecule has 2 rings (SSSR count). The molecule has 0 aliphatic carbocycles. The number of rotatable bonds is 5. The van der Waals surface area contributed by atoms with E-state index >= 15 is 0 Å². The van der Waals surface area contributed by atoms with Crippen LogP contribution in [0.4, 0.5) is 5.69 Å². The van der Waals surface area contributed by atoms with E-state index in [2.05, 4.69) is 5.32 Å². The highest BCUT2D eigenvalue weighted by Gasteiger charge is 2.12. The van der Waals surface area contributed by atoms with E-state index in [4.69, 9.17) is 9.88 Å². The van der Waals surface area contributed by atoms with E-state index in [1.807, 2.05) is 13.0 Å². The van der Waals surface area contributed by atoms with Gasteiger partial charge in [-0.15, -0.1) is 0 Å². The number of amides is 1. The highest BCUT2D eigenvalue weighted by Crippen LogP contribution is 2.14. The summed E-state index contributed by atoms with van der Waals surface area (Å²) in [5.74, 6) is -1.21. The molecule has 126 valence electrons. The normalized spacial score (nSPS) is 10.9. The second-order valence-corrected chi connectivity index (χ2v) is 6.63. The molecule has 1 amide bonds. The number of aryl methyl sites for hydroxylation is 1. The van der Waals surface area contributed by atoms with Crippen LogP contribution in [0.2, 0.25) is 0 Å². The summed E-state index contributed by atoms with van der Waals surface area (Å²) in [6.07, 6.45) is 0. The lowest BCUT2D eigenvalue weighted by Gasteiger charge is -2.08. The summed E-state index contributed by atoms with van der Waals surface area (Å²) >= 11 is 0. The molecule has 0 aliphatic heterocycles. The van der Waals surface area contributed by atoms with Crippen molar-refractivity contribution in [1.29, 1.82) is 0 Å². The summed E-state index contributed by atoms with van der Waals surface area (Å²) < 4.78 is 27.5. The molecule has 7 nitrogen and oxygen atoms in total. The number of primary sulfonamides is 1. The zero-order valence-corrected chi connectivity index (χ0v) is 13.7. The third-order valence-electron chi connectivity index (χ3n) is 3.03. The second-order valence-electron chi connectivity index (χ2n) is 5.07. The van der Waals surface area contributed by atoms with E-state index in [0.29, 0.717) is 5.56 Å². The van der Waals surface area contributed by atoms with E-state index in [1.54, 1.807) is 18.2 Å². The maximum absolute atomic E-state index is 11.8. The van der Waals surface area contributed by atoms with Gasteiger partial charge in [0, 0.05) is 5.69 Å². The summed E-state index contributed by atoms with van der Waals surface area (Å²) in [5, 5.41) is 7.46. The Bertz CT molecular complexity index is 878. The molecule has 0 aliphatic rings. The number of nitrogens with two attached hydrogens (primary N) is 1. The summed E-state index contributed by atoms with van der Waals surface area (Å²) in [6, 6.07) is 12.2. The molecular formula is C16H16N2O5S. The molecule has 0 unspecified atom stereocenters. The molecule has 24 heavy (non-hydrogen) atoms. The number of esters is 1. The van der Waals surface area contributed by atoms with Crippen LogP contribution in [0.3, 0.4) is 0 Å². The van der Waals surface area contributed by atoms with E-state index < -0.39 is 28.5 Å². The van der Waals surface area contributed by atoms with Gasteiger partial charge in [0.1, 0.15) is 0 Å². The van der Waals surface area contributed by atoms with E-state index in [-0.39, 0.29) is 10.6 Å². The highest BCUT2D eigenvalue weighted by atomic mass is 32.2. The predicted molar refractivity (Wildman–Crippen MR) is 87.9 cm³/mol. The number of hydrogen-bond acceptors (Lipinski definition) is 5. The molecule has 8 heteroatoms. The summed E-state index contributed by atoms with van der Waals surface area (Å²) in [7, 11) is -3.86. The van der Waals surface area contributed by atoms with Gasteiger partial charge in [-0.25, -0.2) is 18.4 Å². The Morgan fingerprint density at radius 2 is 1.83 bits per heavy atom. The lowest BCUT2D eigenvalue weighted by atomic mass is 10.1. The largest absolute Gasteiger partial charge is 0.452 e. The first-order valence-corrected chi connectivity index (χ1v) is 8.47. The Morgan fingerprint density at radius 3 is 2.50 bits per heavy atom. The van der Waals surface area contributed by atoms with E-state index in [9.17, 15) is 18.0 Å². The van der Waals surface area contributed by atoms with Crippen LogP contribution in [-0.4, -0.2) is 26.9 Å². The van der Waals surface area contributed by atoms with Crippen molar-refractivity contribution in [2.45, 2.75) is 11.8 Å². The van der Waals surface area contributed by atoms with Crippen LogP contribution in [0.15, 0.2) is 53.4 Å². The summed E-state index contributed by atoms with van der Waals surface area (Å²) in [6.45, 7) is 1.34. The van der Waals surface area contributed by atoms with Crippen molar-refractivity contribution in [2.75, 3.05) is 11.9 Å². The van der Waals surface area contributed by atoms with Gasteiger partial charge in [0.15, 0.2) is 6.61 Å². The summed E-state index contributed by atoms with van der Waals surface area (Å²) in [4.78, 5) is 23.5. The van der Waals surface area contributed by atoms with Crippen LogP contribution >= 0.6 is 0 Å². The molecule has 0 spiro atoms. The van der Waals surface area contributed by atoms with Crippen molar-refractivity contribution in [2.24, 2.45) is 5.14 Å². The van der Waals surface area contributed by atoms with Crippen molar-refractivity contribution in [3.63, 3.8) is 0 Å². The fraction of sp³-hybridized carbons (Fsp3) is 0.125. The minimum atomic E-state index is -3.86. The van der Waals surface area contributed by atoms with Gasteiger partial charge in [-0.3, -0.25) is 4.79 Å². The van der Waals surface area contributed by atoms with E-state index in [1.165, 1.54) is 24.3 Å². The Balaban J connectivity index is 1.95. The van der Waals surface area contributed by atoms with Crippen LogP contribution in [0, 0.1) is 6.92 Å². The number of hydrogen-bond donors (Lipinski definition) is 2. The Labute approximate surface area is 139 Å².